The lowest BCUT2D eigenvalue weighted by Crippen LogP contribution is -1.99. The quantitative estimate of drug-likeness (QED) is 0.645. The fourth-order valence-corrected chi connectivity index (χ4v) is 2.70. The first-order chi connectivity index (χ1) is 10.3. The van der Waals surface area contributed by atoms with E-state index in [0.717, 1.165) is 15.7 Å². The Morgan fingerprint density at radius 2 is 1.52 bits per heavy atom. The molecule has 3 aromatic carbocycles. The zero-order valence-electron chi connectivity index (χ0n) is 11.4. The Bertz CT molecular complexity index is 813. The number of fused-ring (bicyclic) bond motifs is 1. The second-order valence-electron chi connectivity index (χ2n) is 4.66. The van der Waals surface area contributed by atoms with E-state index in [4.69, 9.17) is 0 Å². The molecule has 0 radical (unpaired) electrons. The van der Waals surface area contributed by atoms with Crippen LogP contribution in [-0.4, -0.2) is 6.54 Å². The fraction of sp³-hybridized carbons (Fsp3) is 0.0526. The Kier molecular flexibility index (Phi) is 4.23. The standard InChI is InChI=1S/C19H14BrN/c20-18-12-13-19(17-11-5-4-10-16(17)18)21-14-6-9-15-7-2-1-3-8-15/h1-5,7-8,10-13,21H,14H2. The molecule has 0 aromatic heterocycles. The number of benzene rings is 3. The second kappa shape index (κ2) is 6.47. The van der Waals surface area contributed by atoms with Crippen molar-refractivity contribution in [2.24, 2.45) is 0 Å². The lowest BCUT2D eigenvalue weighted by Gasteiger charge is -2.08. The van der Waals surface area contributed by atoms with Crippen LogP contribution in [0.3, 0.4) is 0 Å². The highest BCUT2D eigenvalue weighted by Gasteiger charge is 2.02. The summed E-state index contributed by atoms with van der Waals surface area (Å²) in [5.74, 6) is 6.31. The van der Waals surface area contributed by atoms with Crippen molar-refractivity contribution in [1.29, 1.82) is 0 Å². The summed E-state index contributed by atoms with van der Waals surface area (Å²) < 4.78 is 1.11. The van der Waals surface area contributed by atoms with Gasteiger partial charge in [0.05, 0.1) is 6.54 Å². The molecule has 0 bridgehead atoms. The van der Waals surface area contributed by atoms with Crippen molar-refractivity contribution in [3.05, 3.63) is 76.8 Å². The minimum Gasteiger partial charge on any atom is -0.374 e. The number of hydrogen-bond acceptors (Lipinski definition) is 1. The van der Waals surface area contributed by atoms with Crippen molar-refractivity contribution in [3.8, 4) is 11.8 Å². The minimum absolute atomic E-state index is 0.626. The average Bonchev–Trinajstić information content (AvgIpc) is 2.55. The molecule has 0 saturated carbocycles. The number of nitrogens with one attached hydrogen (secondary N) is 1. The van der Waals surface area contributed by atoms with Crippen LogP contribution in [-0.2, 0) is 0 Å². The van der Waals surface area contributed by atoms with Crippen molar-refractivity contribution < 1.29 is 0 Å². The molecule has 1 nitrogen and oxygen atoms in total. The lowest BCUT2D eigenvalue weighted by atomic mass is 10.1. The molecule has 21 heavy (non-hydrogen) atoms. The number of rotatable bonds is 2. The first kappa shape index (κ1) is 13.7. The highest BCUT2D eigenvalue weighted by molar-refractivity contribution is 9.10. The molecule has 0 aliphatic carbocycles. The molecular weight excluding hydrogens is 322 g/mol. The summed E-state index contributed by atoms with van der Waals surface area (Å²) in [4.78, 5) is 0. The summed E-state index contributed by atoms with van der Waals surface area (Å²) >= 11 is 3.59. The Labute approximate surface area is 133 Å². The van der Waals surface area contributed by atoms with E-state index in [1.165, 1.54) is 10.8 Å². The van der Waals surface area contributed by atoms with Crippen LogP contribution in [0.4, 0.5) is 5.69 Å². The van der Waals surface area contributed by atoms with Crippen LogP contribution in [0, 0.1) is 11.8 Å². The molecule has 0 atom stereocenters. The van der Waals surface area contributed by atoms with Crippen LogP contribution in [0.5, 0.6) is 0 Å². The van der Waals surface area contributed by atoms with E-state index in [1.807, 2.05) is 36.4 Å². The molecule has 0 aliphatic rings. The molecule has 0 saturated heterocycles. The van der Waals surface area contributed by atoms with Gasteiger partial charge in [-0.05, 0) is 29.7 Å². The van der Waals surface area contributed by atoms with Gasteiger partial charge in [-0.2, -0.15) is 0 Å². The van der Waals surface area contributed by atoms with Crippen LogP contribution >= 0.6 is 15.9 Å². The SMILES string of the molecule is Brc1ccc(NCC#Cc2ccccc2)c2ccccc12. The maximum Gasteiger partial charge on any atom is 0.0769 e. The highest BCUT2D eigenvalue weighted by Crippen LogP contribution is 2.29. The van der Waals surface area contributed by atoms with Crippen molar-refractivity contribution in [2.45, 2.75) is 0 Å². The van der Waals surface area contributed by atoms with Gasteiger partial charge in [0.1, 0.15) is 0 Å². The van der Waals surface area contributed by atoms with E-state index in [9.17, 15) is 0 Å². The van der Waals surface area contributed by atoms with Crippen LogP contribution < -0.4 is 5.32 Å². The topological polar surface area (TPSA) is 12.0 Å². The minimum atomic E-state index is 0.626. The normalized spacial score (nSPS) is 9.95. The molecule has 102 valence electrons. The predicted molar refractivity (Wildman–Crippen MR) is 93.5 cm³/mol. The predicted octanol–water partition coefficient (Wildman–Crippen LogP) is 5.07. The third-order valence-corrected chi connectivity index (χ3v) is 3.94. The van der Waals surface area contributed by atoms with E-state index in [0.29, 0.717) is 6.54 Å². The summed E-state index contributed by atoms with van der Waals surface area (Å²) in [6, 6.07) is 22.5. The molecule has 3 aromatic rings. The zero-order valence-corrected chi connectivity index (χ0v) is 13.0. The van der Waals surface area contributed by atoms with Gasteiger partial charge < -0.3 is 5.32 Å². The molecule has 0 fully saturated rings. The van der Waals surface area contributed by atoms with Gasteiger partial charge in [-0.25, -0.2) is 0 Å². The summed E-state index contributed by atoms with van der Waals surface area (Å²) in [7, 11) is 0. The molecule has 0 spiro atoms. The fourth-order valence-electron chi connectivity index (χ4n) is 2.22. The maximum atomic E-state index is 3.59. The number of hydrogen-bond donors (Lipinski definition) is 1. The molecular formula is C19H14BrN. The van der Waals surface area contributed by atoms with E-state index in [2.05, 4.69) is 63.4 Å². The van der Waals surface area contributed by atoms with Crippen molar-refractivity contribution in [1.82, 2.24) is 0 Å². The van der Waals surface area contributed by atoms with E-state index in [-0.39, 0.29) is 0 Å². The molecule has 3 rings (SSSR count). The highest BCUT2D eigenvalue weighted by atomic mass is 79.9. The molecule has 0 aliphatic heterocycles. The van der Waals surface area contributed by atoms with Gasteiger partial charge in [0, 0.05) is 21.1 Å². The monoisotopic (exact) mass is 335 g/mol. The zero-order chi connectivity index (χ0) is 14.5. The summed E-state index contributed by atoms with van der Waals surface area (Å²) in [5, 5.41) is 5.80. The Hall–Kier alpha value is -2.24. The second-order valence-corrected chi connectivity index (χ2v) is 5.52. The smallest absolute Gasteiger partial charge is 0.0769 e. The van der Waals surface area contributed by atoms with E-state index < -0.39 is 0 Å². The van der Waals surface area contributed by atoms with Gasteiger partial charge in [0.25, 0.3) is 0 Å². The molecule has 0 unspecified atom stereocenters. The Morgan fingerprint density at radius 1 is 0.810 bits per heavy atom. The van der Waals surface area contributed by atoms with E-state index >= 15 is 0 Å². The lowest BCUT2D eigenvalue weighted by molar-refractivity contribution is 1.39. The average molecular weight is 336 g/mol. The van der Waals surface area contributed by atoms with Crippen molar-refractivity contribution >= 4 is 32.4 Å². The number of halogens is 1. The third-order valence-electron chi connectivity index (χ3n) is 3.24. The molecule has 0 amide bonds. The Morgan fingerprint density at radius 3 is 2.33 bits per heavy atom. The molecule has 1 N–H and O–H groups in total. The van der Waals surface area contributed by atoms with Gasteiger partial charge in [-0.15, -0.1) is 0 Å². The van der Waals surface area contributed by atoms with Crippen LogP contribution in [0.15, 0.2) is 71.2 Å². The largest absolute Gasteiger partial charge is 0.374 e. The van der Waals surface area contributed by atoms with Crippen molar-refractivity contribution in [3.63, 3.8) is 0 Å². The van der Waals surface area contributed by atoms with E-state index in [1.54, 1.807) is 0 Å². The number of anilines is 1. The van der Waals surface area contributed by atoms with Gasteiger partial charge in [0.2, 0.25) is 0 Å². The van der Waals surface area contributed by atoms with Gasteiger partial charge >= 0.3 is 0 Å². The van der Waals surface area contributed by atoms with Crippen molar-refractivity contribution in [2.75, 3.05) is 11.9 Å². The summed E-state index contributed by atoms with van der Waals surface area (Å²) in [5.41, 5.74) is 2.15. The van der Waals surface area contributed by atoms with Crippen LogP contribution in [0.25, 0.3) is 10.8 Å². The van der Waals surface area contributed by atoms with Gasteiger partial charge in [-0.3, -0.25) is 0 Å². The first-order valence-corrected chi connectivity index (χ1v) is 7.59. The van der Waals surface area contributed by atoms with Gasteiger partial charge in [0.15, 0.2) is 0 Å². The summed E-state index contributed by atoms with van der Waals surface area (Å²) in [6.45, 7) is 0.626. The van der Waals surface area contributed by atoms with Crippen LogP contribution in [0.1, 0.15) is 5.56 Å². The summed E-state index contributed by atoms with van der Waals surface area (Å²) in [6.07, 6.45) is 0. The van der Waals surface area contributed by atoms with Crippen LogP contribution in [0.2, 0.25) is 0 Å². The maximum absolute atomic E-state index is 3.59. The molecule has 2 heteroatoms. The third kappa shape index (κ3) is 3.26. The Balaban J connectivity index is 1.78. The van der Waals surface area contributed by atoms with Gasteiger partial charge in [-0.1, -0.05) is 70.2 Å². The first-order valence-electron chi connectivity index (χ1n) is 6.79. The molecule has 0 heterocycles.